The second kappa shape index (κ2) is 14.6. The lowest BCUT2D eigenvalue weighted by molar-refractivity contribution is 0.210. The normalized spacial score (nSPS) is 17.1. The van der Waals surface area contributed by atoms with Crippen molar-refractivity contribution in [2.75, 3.05) is 0 Å². The van der Waals surface area contributed by atoms with Crippen molar-refractivity contribution in [1.29, 1.82) is 0 Å². The van der Waals surface area contributed by atoms with E-state index in [2.05, 4.69) is 53.3 Å². The molecule has 1 aromatic carbocycles. The summed E-state index contributed by atoms with van der Waals surface area (Å²) >= 11 is 0. The van der Waals surface area contributed by atoms with Gasteiger partial charge in [0.05, 0.1) is 0 Å². The van der Waals surface area contributed by atoms with Gasteiger partial charge in [-0.15, -0.1) is 0 Å². The van der Waals surface area contributed by atoms with Crippen molar-refractivity contribution in [2.24, 2.45) is 11.8 Å². The first kappa shape index (κ1) is 31.7. The monoisotopic (exact) mass is 438 g/mol. The summed E-state index contributed by atoms with van der Waals surface area (Å²) in [6.45, 7) is 20.3. The van der Waals surface area contributed by atoms with Crippen molar-refractivity contribution in [3.8, 4) is 0 Å². The highest BCUT2D eigenvalue weighted by molar-refractivity contribution is 5.71. The maximum Gasteiger partial charge on any atom is 0.105 e. The van der Waals surface area contributed by atoms with Crippen LogP contribution >= 0.6 is 0 Å². The van der Waals surface area contributed by atoms with Gasteiger partial charge in [0.25, 0.3) is 0 Å². The number of allylic oxidation sites excluding steroid dienone is 1. The van der Waals surface area contributed by atoms with E-state index in [9.17, 15) is 4.39 Å². The molecule has 0 bridgehead atoms. The molecule has 0 amide bonds. The zero-order valence-electron chi connectivity index (χ0n) is 21.4. The maximum absolute atomic E-state index is 12.1. The van der Waals surface area contributed by atoms with Crippen molar-refractivity contribution < 1.29 is 16.8 Å². The van der Waals surface area contributed by atoms with E-state index in [4.69, 9.17) is 0 Å². The zero-order valence-corrected chi connectivity index (χ0v) is 21.4. The number of hydrogen-bond donors (Lipinski definition) is 0. The van der Waals surface area contributed by atoms with Crippen LogP contribution in [-0.2, 0) is 12.8 Å². The highest BCUT2D eigenvalue weighted by Crippen LogP contribution is 2.39. The number of alkyl halides is 1. The molecule has 3 rings (SSSR count). The van der Waals surface area contributed by atoms with Crippen LogP contribution in [0.3, 0.4) is 0 Å². The molecule has 0 saturated heterocycles. The van der Waals surface area contributed by atoms with Gasteiger partial charge in [-0.1, -0.05) is 70.9 Å². The summed E-state index contributed by atoms with van der Waals surface area (Å²) in [4.78, 5) is 0. The van der Waals surface area contributed by atoms with E-state index in [0.717, 1.165) is 11.8 Å². The second-order valence-corrected chi connectivity index (χ2v) is 9.59. The molecule has 3 heteroatoms. The van der Waals surface area contributed by atoms with Gasteiger partial charge in [-0.05, 0) is 99.5 Å². The average molecular weight is 439 g/mol. The van der Waals surface area contributed by atoms with Gasteiger partial charge in [-0.25, -0.2) is 4.39 Å². The van der Waals surface area contributed by atoms with E-state index in [1.54, 1.807) is 30.5 Å². The van der Waals surface area contributed by atoms with Crippen LogP contribution in [0.4, 0.5) is 4.39 Å². The van der Waals surface area contributed by atoms with Crippen molar-refractivity contribution in [1.82, 2.24) is 0 Å². The number of fused-ring (bicyclic) bond motifs is 1. The molecule has 0 spiro atoms. The molecule has 4 N–H and O–H groups in total. The Bertz CT molecular complexity index is 698. The molecule has 31 heavy (non-hydrogen) atoms. The first-order valence-corrected chi connectivity index (χ1v) is 11.7. The fraction of sp³-hybridized carbons (Fsp3) is 0.643. The average Bonchev–Trinajstić information content (AvgIpc) is 3.46. The summed E-state index contributed by atoms with van der Waals surface area (Å²) in [5.74, 6) is 1.65. The van der Waals surface area contributed by atoms with Crippen LogP contribution in [0.5, 0.6) is 0 Å². The number of hydrogen-bond acceptors (Lipinski definition) is 0. The standard InChI is InChI=1S/C19H24.C5H11F.C4H10.2H2O.H2/c1-5-15-11-17-8-12(2)9-18(17)14(4)19(15)10-13(3)16-6-7-16;1-4-5(2,3)6;1-3-4-2;;;/h5,10-12,16H,1,6-9H2,2-4H3;4H2,1-3H3;3-4H2,1-2H3;2*1H2;1H/b13-10+;;;;;/t12-;;;;;/m1...../s1. The number of benzene rings is 1. The molecule has 0 heterocycles. The Labute approximate surface area is 193 Å². The Kier molecular flexibility index (Phi) is 14.9. The summed E-state index contributed by atoms with van der Waals surface area (Å²) in [5, 5.41) is 0. The van der Waals surface area contributed by atoms with Crippen LogP contribution in [0, 0.1) is 18.8 Å². The minimum absolute atomic E-state index is 0. The molecule has 1 saturated carbocycles. The zero-order chi connectivity index (χ0) is 22.2. The van der Waals surface area contributed by atoms with Crippen LogP contribution in [-0.4, -0.2) is 16.6 Å². The SMILES string of the molecule is C=Cc1cc2c(c(C)c1/C=C(\C)C1CC1)C[C@H](C)C2.CCC(C)(C)F.CCCC.O.O.[HH]. The predicted octanol–water partition coefficient (Wildman–Crippen LogP) is 7.73. The van der Waals surface area contributed by atoms with Crippen LogP contribution in [0.1, 0.15) is 110 Å². The molecule has 1 aromatic rings. The smallest absolute Gasteiger partial charge is 0.105 e. The van der Waals surface area contributed by atoms with Gasteiger partial charge in [0, 0.05) is 1.43 Å². The Balaban J connectivity index is -0.000000555. The number of halogens is 1. The van der Waals surface area contributed by atoms with E-state index in [1.807, 2.05) is 13.0 Å². The first-order chi connectivity index (χ1) is 13.6. The molecule has 0 aliphatic heterocycles. The predicted molar refractivity (Wildman–Crippen MR) is 140 cm³/mol. The van der Waals surface area contributed by atoms with E-state index < -0.39 is 5.67 Å². The van der Waals surface area contributed by atoms with Gasteiger partial charge in [0.2, 0.25) is 0 Å². The molecule has 1 atom stereocenters. The third-order valence-electron chi connectivity index (χ3n) is 6.16. The summed E-state index contributed by atoms with van der Waals surface area (Å²) < 4.78 is 12.1. The van der Waals surface area contributed by atoms with E-state index in [0.29, 0.717) is 6.42 Å². The Morgan fingerprint density at radius 1 is 1.16 bits per heavy atom. The van der Waals surface area contributed by atoms with Crippen LogP contribution < -0.4 is 0 Å². The summed E-state index contributed by atoms with van der Waals surface area (Å²) in [5.41, 5.74) is 8.00. The van der Waals surface area contributed by atoms with Gasteiger partial charge in [-0.3, -0.25) is 0 Å². The summed E-state index contributed by atoms with van der Waals surface area (Å²) in [6, 6.07) is 2.38. The third kappa shape index (κ3) is 10.6. The topological polar surface area (TPSA) is 63.0 Å². The van der Waals surface area contributed by atoms with Crippen LogP contribution in [0.25, 0.3) is 12.2 Å². The molecular weight excluding hydrogens is 387 g/mol. The minimum Gasteiger partial charge on any atom is -0.412 e. The third-order valence-corrected chi connectivity index (χ3v) is 6.16. The van der Waals surface area contributed by atoms with Crippen LogP contribution in [0.2, 0.25) is 0 Å². The van der Waals surface area contributed by atoms with Gasteiger partial charge in [-0.2, -0.15) is 0 Å². The fourth-order valence-electron chi connectivity index (χ4n) is 3.48. The highest BCUT2D eigenvalue weighted by Gasteiger charge is 2.25. The molecule has 182 valence electrons. The van der Waals surface area contributed by atoms with Crippen molar-refractivity contribution in [3.05, 3.63) is 46.0 Å². The van der Waals surface area contributed by atoms with Gasteiger partial charge >= 0.3 is 0 Å². The molecule has 0 aromatic heterocycles. The van der Waals surface area contributed by atoms with Crippen molar-refractivity contribution >= 4 is 12.2 Å². The summed E-state index contributed by atoms with van der Waals surface area (Å²) in [6.07, 6.45) is 13.0. The summed E-state index contributed by atoms with van der Waals surface area (Å²) in [7, 11) is 0. The van der Waals surface area contributed by atoms with Gasteiger partial charge in [0.1, 0.15) is 5.67 Å². The molecule has 2 aliphatic carbocycles. The second-order valence-electron chi connectivity index (χ2n) is 9.59. The Morgan fingerprint density at radius 2 is 1.68 bits per heavy atom. The van der Waals surface area contributed by atoms with E-state index >= 15 is 0 Å². The van der Waals surface area contributed by atoms with E-state index in [-0.39, 0.29) is 12.4 Å². The largest absolute Gasteiger partial charge is 0.412 e. The maximum atomic E-state index is 12.1. The fourth-order valence-corrected chi connectivity index (χ4v) is 3.48. The lowest BCUT2D eigenvalue weighted by Crippen LogP contribution is -2.07. The van der Waals surface area contributed by atoms with Gasteiger partial charge < -0.3 is 11.0 Å². The molecule has 2 nitrogen and oxygen atoms in total. The Hall–Kier alpha value is -1.45. The quantitative estimate of drug-likeness (QED) is 0.451. The first-order valence-electron chi connectivity index (χ1n) is 11.7. The van der Waals surface area contributed by atoms with E-state index in [1.165, 1.54) is 55.2 Å². The Morgan fingerprint density at radius 3 is 2.06 bits per heavy atom. The molecule has 0 unspecified atom stereocenters. The highest BCUT2D eigenvalue weighted by atomic mass is 19.1. The lowest BCUT2D eigenvalue weighted by atomic mass is 9.92. The van der Waals surface area contributed by atoms with Crippen molar-refractivity contribution in [3.63, 3.8) is 0 Å². The molecule has 0 radical (unpaired) electrons. The van der Waals surface area contributed by atoms with Gasteiger partial charge in [0.15, 0.2) is 0 Å². The molecule has 1 fully saturated rings. The minimum atomic E-state index is -0.958. The molecular formula is C28H51FO2. The van der Waals surface area contributed by atoms with Crippen molar-refractivity contribution in [2.45, 2.75) is 106 Å². The number of rotatable bonds is 5. The number of unbranched alkanes of at least 4 members (excludes halogenated alkanes) is 1. The molecule has 2 aliphatic rings. The lowest BCUT2D eigenvalue weighted by Gasteiger charge is -2.13. The van der Waals surface area contributed by atoms with Crippen LogP contribution in [0.15, 0.2) is 18.2 Å².